The Morgan fingerprint density at radius 2 is 1.18 bits per heavy atom. The summed E-state index contributed by atoms with van der Waals surface area (Å²) in [4.78, 5) is 5.15. The molecule has 0 N–H and O–H groups in total. The molecule has 0 amide bonds. The summed E-state index contributed by atoms with van der Waals surface area (Å²) in [5.41, 5.74) is 14.4. The average molecular weight is 751 g/mol. The molecule has 0 aliphatic heterocycles. The van der Waals surface area contributed by atoms with Gasteiger partial charge in [-0.15, -0.1) is 5.10 Å². The predicted molar refractivity (Wildman–Crippen MR) is 234 cm³/mol. The summed E-state index contributed by atoms with van der Waals surface area (Å²) in [7, 11) is 0. The molecule has 288 valence electrons. The quantitative estimate of drug-likeness (QED) is 0.155. The van der Waals surface area contributed by atoms with Crippen LogP contribution in [0.2, 0.25) is 0 Å². The lowest BCUT2D eigenvalue weighted by molar-refractivity contribution is 0.480. The Morgan fingerprint density at radius 3 is 1.74 bits per heavy atom. The Kier molecular flexibility index (Phi) is 9.55. The number of nitrogens with zero attached hydrogens (tertiary/aromatic N) is 4. The first-order valence-corrected chi connectivity index (χ1v) is 20.3. The van der Waals surface area contributed by atoms with Crippen molar-refractivity contribution in [3.05, 3.63) is 178 Å². The molecule has 2 aromatic heterocycles. The van der Waals surface area contributed by atoms with E-state index in [-0.39, 0.29) is 10.8 Å². The maximum atomic E-state index is 6.76. The van der Waals surface area contributed by atoms with Crippen molar-refractivity contribution in [2.24, 2.45) is 0 Å². The molecule has 0 radical (unpaired) electrons. The highest BCUT2D eigenvalue weighted by molar-refractivity contribution is 5.86. The standard InChI is InChI=1S/C52H54N4O/c1-33(2)41-20-15-21-42(34(3)4)49(41)47-32-56(55-54-47)38-17-14-19-40(31-38)57-39-18-13-16-37(28-39)52(48-22-11-12-27-53-48)45-29-35(50(5,6)7)23-25-43(45)44-26-24-36(30-46(44)52)51(8,9)10/h11-34H,1-10H3. The van der Waals surface area contributed by atoms with E-state index in [1.54, 1.807) is 0 Å². The number of aromatic nitrogens is 4. The van der Waals surface area contributed by atoms with E-state index >= 15 is 0 Å². The summed E-state index contributed by atoms with van der Waals surface area (Å²) in [6.45, 7) is 22.6. The summed E-state index contributed by atoms with van der Waals surface area (Å²) in [6, 6.07) is 43.6. The fraction of sp³-hybridized carbons (Fsp3) is 0.288. The zero-order chi connectivity index (χ0) is 40.3. The van der Waals surface area contributed by atoms with Gasteiger partial charge in [0.05, 0.1) is 23.0 Å². The Labute approximate surface area is 338 Å². The topological polar surface area (TPSA) is 52.8 Å². The third-order valence-electron chi connectivity index (χ3n) is 11.6. The van der Waals surface area contributed by atoms with E-state index in [1.807, 2.05) is 53.5 Å². The number of ether oxygens (including phenoxy) is 1. The van der Waals surface area contributed by atoms with Gasteiger partial charge >= 0.3 is 0 Å². The molecule has 2 heterocycles. The van der Waals surface area contributed by atoms with Crippen LogP contribution in [0.1, 0.15) is 126 Å². The van der Waals surface area contributed by atoms with E-state index in [1.165, 1.54) is 50.1 Å². The SMILES string of the molecule is CC(C)c1cccc(C(C)C)c1-c1cn(-c2cccc(Oc3cccc(C4(c5ccccn5)c5cc(C(C)(C)C)ccc5-c5ccc(C(C)(C)C)cc54)c3)c2)nn1. The molecule has 0 saturated carbocycles. The second-order valence-electron chi connectivity index (χ2n) is 18.3. The highest BCUT2D eigenvalue weighted by atomic mass is 16.5. The Morgan fingerprint density at radius 1 is 0.596 bits per heavy atom. The van der Waals surface area contributed by atoms with Crippen molar-refractivity contribution in [2.75, 3.05) is 0 Å². The van der Waals surface area contributed by atoms with Gasteiger partial charge in [0.25, 0.3) is 0 Å². The van der Waals surface area contributed by atoms with E-state index in [9.17, 15) is 0 Å². The first-order valence-electron chi connectivity index (χ1n) is 20.3. The third-order valence-corrected chi connectivity index (χ3v) is 11.6. The second-order valence-corrected chi connectivity index (χ2v) is 18.3. The van der Waals surface area contributed by atoms with Crippen LogP contribution in [0.25, 0.3) is 28.1 Å². The minimum absolute atomic E-state index is 0.0361. The van der Waals surface area contributed by atoms with Crippen molar-refractivity contribution in [3.63, 3.8) is 0 Å². The zero-order valence-corrected chi connectivity index (χ0v) is 35.1. The maximum absolute atomic E-state index is 6.76. The molecule has 5 heteroatoms. The lowest BCUT2D eigenvalue weighted by atomic mass is 9.68. The van der Waals surface area contributed by atoms with E-state index in [0.29, 0.717) is 11.8 Å². The summed E-state index contributed by atoms with van der Waals surface area (Å²) in [5, 5.41) is 9.32. The Hall–Kier alpha value is -5.81. The van der Waals surface area contributed by atoms with Crippen LogP contribution in [-0.4, -0.2) is 20.0 Å². The minimum Gasteiger partial charge on any atom is -0.457 e. The van der Waals surface area contributed by atoms with Gasteiger partial charge in [0, 0.05) is 17.8 Å². The van der Waals surface area contributed by atoms with E-state index < -0.39 is 5.41 Å². The van der Waals surface area contributed by atoms with Crippen molar-refractivity contribution < 1.29 is 4.74 Å². The van der Waals surface area contributed by atoms with Crippen molar-refractivity contribution in [3.8, 4) is 39.6 Å². The molecular weight excluding hydrogens is 697 g/mol. The Balaban J connectivity index is 1.24. The zero-order valence-electron chi connectivity index (χ0n) is 35.1. The molecule has 57 heavy (non-hydrogen) atoms. The smallest absolute Gasteiger partial charge is 0.129 e. The summed E-state index contributed by atoms with van der Waals surface area (Å²) >= 11 is 0. The first-order chi connectivity index (χ1) is 27.2. The monoisotopic (exact) mass is 750 g/mol. The van der Waals surface area contributed by atoms with Gasteiger partial charge < -0.3 is 4.74 Å². The number of benzene rings is 5. The molecule has 0 fully saturated rings. The molecule has 0 atom stereocenters. The number of pyridine rings is 1. The number of hydrogen-bond acceptors (Lipinski definition) is 4. The maximum Gasteiger partial charge on any atom is 0.129 e. The highest BCUT2D eigenvalue weighted by Gasteiger charge is 2.48. The normalized spacial score (nSPS) is 13.5. The molecule has 1 aliphatic carbocycles. The minimum atomic E-state index is -0.673. The van der Waals surface area contributed by atoms with Crippen molar-refractivity contribution in [2.45, 2.75) is 97.3 Å². The van der Waals surface area contributed by atoms with Crippen LogP contribution >= 0.6 is 0 Å². The van der Waals surface area contributed by atoms with Gasteiger partial charge in [-0.2, -0.15) is 0 Å². The molecule has 0 spiro atoms. The molecule has 1 aliphatic rings. The van der Waals surface area contributed by atoms with Crippen LogP contribution in [-0.2, 0) is 16.2 Å². The summed E-state index contributed by atoms with van der Waals surface area (Å²) in [6.07, 6.45) is 3.96. The van der Waals surface area contributed by atoms with Crippen LogP contribution in [0.5, 0.6) is 11.5 Å². The van der Waals surface area contributed by atoms with Crippen LogP contribution in [0.15, 0.2) is 134 Å². The van der Waals surface area contributed by atoms with Crippen molar-refractivity contribution >= 4 is 0 Å². The van der Waals surface area contributed by atoms with Gasteiger partial charge in [-0.25, -0.2) is 4.68 Å². The Bertz CT molecular complexity index is 2490. The van der Waals surface area contributed by atoms with Crippen LogP contribution in [0.3, 0.4) is 0 Å². The van der Waals surface area contributed by atoms with Crippen molar-refractivity contribution in [1.29, 1.82) is 0 Å². The first kappa shape index (κ1) is 38.1. The molecule has 5 nitrogen and oxygen atoms in total. The van der Waals surface area contributed by atoms with Gasteiger partial charge in [-0.1, -0.05) is 153 Å². The number of rotatable bonds is 8. The lowest BCUT2D eigenvalue weighted by Crippen LogP contribution is -2.30. The van der Waals surface area contributed by atoms with Gasteiger partial charge in [-0.05, 0) is 109 Å². The average Bonchev–Trinajstić information content (AvgIpc) is 3.79. The molecule has 0 saturated heterocycles. The van der Waals surface area contributed by atoms with Crippen LogP contribution < -0.4 is 4.74 Å². The van der Waals surface area contributed by atoms with Gasteiger partial charge in [-0.3, -0.25) is 4.98 Å². The van der Waals surface area contributed by atoms with Crippen molar-refractivity contribution in [1.82, 2.24) is 20.0 Å². The highest BCUT2D eigenvalue weighted by Crippen LogP contribution is 2.57. The molecule has 5 aromatic carbocycles. The van der Waals surface area contributed by atoms with Gasteiger partial charge in [0.15, 0.2) is 0 Å². The lowest BCUT2D eigenvalue weighted by Gasteiger charge is -2.34. The number of hydrogen-bond donors (Lipinski definition) is 0. The number of fused-ring (bicyclic) bond motifs is 3. The molecule has 7 aromatic rings. The molecule has 0 bridgehead atoms. The third kappa shape index (κ3) is 6.77. The van der Waals surface area contributed by atoms with E-state index in [2.05, 4.69) is 159 Å². The van der Waals surface area contributed by atoms with Gasteiger partial charge in [0.1, 0.15) is 17.2 Å². The van der Waals surface area contributed by atoms with E-state index in [0.717, 1.165) is 34.1 Å². The van der Waals surface area contributed by atoms with Crippen LogP contribution in [0, 0.1) is 0 Å². The molecule has 8 rings (SSSR count). The fourth-order valence-corrected chi connectivity index (χ4v) is 8.55. The summed E-state index contributed by atoms with van der Waals surface area (Å²) < 4.78 is 8.61. The van der Waals surface area contributed by atoms with E-state index in [4.69, 9.17) is 14.8 Å². The van der Waals surface area contributed by atoms with Gasteiger partial charge in [0.2, 0.25) is 0 Å². The molecule has 0 unspecified atom stereocenters. The predicted octanol–water partition coefficient (Wildman–Crippen LogP) is 13.3. The molecular formula is C52H54N4O. The summed E-state index contributed by atoms with van der Waals surface area (Å²) in [5.74, 6) is 2.19. The van der Waals surface area contributed by atoms with Crippen LogP contribution in [0.4, 0.5) is 0 Å². The fourth-order valence-electron chi connectivity index (χ4n) is 8.55. The largest absolute Gasteiger partial charge is 0.457 e. The second kappa shape index (κ2) is 14.3.